The van der Waals surface area contributed by atoms with Crippen LogP contribution in [0, 0.1) is 0 Å². The van der Waals surface area contributed by atoms with Gasteiger partial charge in [-0.25, -0.2) is 9.97 Å². The zero-order chi connectivity index (χ0) is 15.2. The molecule has 0 spiro atoms. The van der Waals surface area contributed by atoms with Gasteiger partial charge in [0.15, 0.2) is 0 Å². The molecule has 0 radical (unpaired) electrons. The van der Waals surface area contributed by atoms with Crippen LogP contribution in [0.5, 0.6) is 0 Å². The van der Waals surface area contributed by atoms with Crippen LogP contribution in [0.25, 0.3) is 0 Å². The number of ether oxygens (including phenoxy) is 1. The molecule has 0 bridgehead atoms. The molecule has 22 heavy (non-hydrogen) atoms. The summed E-state index contributed by atoms with van der Waals surface area (Å²) in [5.41, 5.74) is 0. The molecule has 0 saturated carbocycles. The first-order chi connectivity index (χ1) is 10.8. The van der Waals surface area contributed by atoms with E-state index in [2.05, 4.69) is 25.7 Å². The summed E-state index contributed by atoms with van der Waals surface area (Å²) < 4.78 is 7.10. The van der Waals surface area contributed by atoms with Gasteiger partial charge in [-0.3, -0.25) is 9.48 Å². The molecule has 3 heterocycles. The number of carbonyl (C=O) groups excluding carboxylic acids is 1. The zero-order valence-electron chi connectivity index (χ0n) is 12.1. The van der Waals surface area contributed by atoms with Crippen LogP contribution in [0.1, 0.15) is 6.42 Å². The maximum atomic E-state index is 12.1. The Kier molecular flexibility index (Phi) is 4.59. The molecule has 0 aliphatic carbocycles. The summed E-state index contributed by atoms with van der Waals surface area (Å²) >= 11 is 0. The summed E-state index contributed by atoms with van der Waals surface area (Å²) in [4.78, 5) is 20.1. The van der Waals surface area contributed by atoms with Crippen molar-refractivity contribution < 1.29 is 9.53 Å². The highest BCUT2D eigenvalue weighted by atomic mass is 16.5. The average Bonchev–Trinajstić information content (AvgIpc) is 3.03. The molecule has 1 amide bonds. The summed E-state index contributed by atoms with van der Waals surface area (Å²) in [6.45, 7) is 1.37. The van der Waals surface area contributed by atoms with Crippen molar-refractivity contribution in [2.24, 2.45) is 0 Å². The third-order valence-corrected chi connectivity index (χ3v) is 3.48. The van der Waals surface area contributed by atoms with Crippen molar-refractivity contribution in [2.75, 3.05) is 18.5 Å². The molecule has 2 aromatic rings. The number of aromatic nitrogens is 4. The second-order valence-corrected chi connectivity index (χ2v) is 5.09. The minimum atomic E-state index is -0.0647. The Hall–Kier alpha value is -2.48. The molecule has 116 valence electrons. The van der Waals surface area contributed by atoms with Crippen molar-refractivity contribution in [1.29, 1.82) is 0 Å². The van der Waals surface area contributed by atoms with Gasteiger partial charge in [-0.15, -0.1) is 0 Å². The largest absolute Gasteiger partial charge is 0.379 e. The average molecular weight is 302 g/mol. The Balaban J connectivity index is 1.58. The fourth-order valence-electron chi connectivity index (χ4n) is 2.41. The van der Waals surface area contributed by atoms with Gasteiger partial charge >= 0.3 is 0 Å². The van der Waals surface area contributed by atoms with Crippen LogP contribution in [0.4, 0.5) is 5.82 Å². The Morgan fingerprint density at radius 2 is 2.36 bits per heavy atom. The molecule has 0 aromatic carbocycles. The van der Waals surface area contributed by atoms with E-state index in [9.17, 15) is 4.79 Å². The number of hydrogen-bond donors (Lipinski definition) is 2. The standard InChI is InChI=1S/C14H18N6O2/c21-14(8-20-6-1-4-17-20)19-11-3-7-22-9-12(11)18-13-2-5-15-10-16-13/h1-2,4-6,10-12H,3,7-9H2,(H,19,21)(H,15,16,18)/t11-,12+/m0/s1. The summed E-state index contributed by atoms with van der Waals surface area (Å²) in [5, 5.41) is 10.4. The van der Waals surface area contributed by atoms with Gasteiger partial charge in [0.2, 0.25) is 5.91 Å². The first-order valence-corrected chi connectivity index (χ1v) is 7.18. The predicted molar refractivity (Wildman–Crippen MR) is 79.0 cm³/mol. The third-order valence-electron chi connectivity index (χ3n) is 3.48. The smallest absolute Gasteiger partial charge is 0.242 e. The van der Waals surface area contributed by atoms with Crippen LogP contribution in [0.3, 0.4) is 0 Å². The molecule has 1 saturated heterocycles. The molecule has 3 rings (SSSR count). The maximum Gasteiger partial charge on any atom is 0.242 e. The summed E-state index contributed by atoms with van der Waals surface area (Å²) in [6.07, 6.45) is 7.33. The first-order valence-electron chi connectivity index (χ1n) is 7.18. The van der Waals surface area contributed by atoms with Crippen molar-refractivity contribution in [2.45, 2.75) is 25.0 Å². The minimum Gasteiger partial charge on any atom is -0.379 e. The highest BCUT2D eigenvalue weighted by Crippen LogP contribution is 2.13. The number of anilines is 1. The van der Waals surface area contributed by atoms with Gasteiger partial charge < -0.3 is 15.4 Å². The quantitative estimate of drug-likeness (QED) is 0.811. The van der Waals surface area contributed by atoms with Crippen molar-refractivity contribution in [1.82, 2.24) is 25.1 Å². The van der Waals surface area contributed by atoms with E-state index in [-0.39, 0.29) is 24.5 Å². The Morgan fingerprint density at radius 1 is 1.41 bits per heavy atom. The van der Waals surface area contributed by atoms with E-state index in [0.29, 0.717) is 13.2 Å². The topological polar surface area (TPSA) is 94.0 Å². The van der Waals surface area contributed by atoms with E-state index >= 15 is 0 Å². The third kappa shape index (κ3) is 3.79. The van der Waals surface area contributed by atoms with Crippen LogP contribution < -0.4 is 10.6 Å². The molecule has 1 aliphatic heterocycles. The molecule has 0 unspecified atom stereocenters. The van der Waals surface area contributed by atoms with Gasteiger partial charge in [-0.1, -0.05) is 0 Å². The predicted octanol–water partition coefficient (Wildman–Crippen LogP) is 0.0589. The second-order valence-electron chi connectivity index (χ2n) is 5.09. The molecule has 1 aliphatic rings. The van der Waals surface area contributed by atoms with Crippen molar-refractivity contribution in [3.8, 4) is 0 Å². The van der Waals surface area contributed by atoms with Gasteiger partial charge in [0.1, 0.15) is 18.7 Å². The van der Waals surface area contributed by atoms with Gasteiger partial charge in [-0.2, -0.15) is 5.10 Å². The van der Waals surface area contributed by atoms with Gasteiger partial charge in [-0.05, 0) is 18.6 Å². The van der Waals surface area contributed by atoms with E-state index in [1.165, 1.54) is 6.33 Å². The van der Waals surface area contributed by atoms with E-state index in [0.717, 1.165) is 12.2 Å². The van der Waals surface area contributed by atoms with Gasteiger partial charge in [0.05, 0.1) is 18.7 Å². The number of amides is 1. The molecular weight excluding hydrogens is 284 g/mol. The zero-order valence-corrected chi connectivity index (χ0v) is 12.1. The van der Waals surface area contributed by atoms with Crippen LogP contribution in [0.2, 0.25) is 0 Å². The Morgan fingerprint density at radius 3 is 3.14 bits per heavy atom. The van der Waals surface area contributed by atoms with Crippen LogP contribution >= 0.6 is 0 Å². The lowest BCUT2D eigenvalue weighted by Crippen LogP contribution is -2.52. The fraction of sp³-hybridized carbons (Fsp3) is 0.429. The minimum absolute atomic E-state index is 0.00761. The Labute approximate surface area is 127 Å². The number of rotatable bonds is 5. The molecule has 1 fully saturated rings. The maximum absolute atomic E-state index is 12.1. The first kappa shape index (κ1) is 14.5. The number of nitrogens with one attached hydrogen (secondary N) is 2. The highest BCUT2D eigenvalue weighted by Gasteiger charge is 2.27. The van der Waals surface area contributed by atoms with E-state index in [4.69, 9.17) is 4.74 Å². The summed E-state index contributed by atoms with van der Waals surface area (Å²) in [7, 11) is 0. The van der Waals surface area contributed by atoms with Crippen molar-refractivity contribution >= 4 is 11.7 Å². The lowest BCUT2D eigenvalue weighted by molar-refractivity contribution is -0.123. The second kappa shape index (κ2) is 6.99. The summed E-state index contributed by atoms with van der Waals surface area (Å²) in [5.74, 6) is 0.655. The Bertz CT molecular complexity index is 589. The molecule has 2 N–H and O–H groups in total. The van der Waals surface area contributed by atoms with E-state index in [1.54, 1.807) is 35.4 Å². The monoisotopic (exact) mass is 302 g/mol. The van der Waals surface area contributed by atoms with E-state index < -0.39 is 0 Å². The number of hydrogen-bond acceptors (Lipinski definition) is 6. The number of carbonyl (C=O) groups is 1. The lowest BCUT2D eigenvalue weighted by atomic mass is 10.0. The summed E-state index contributed by atoms with van der Waals surface area (Å²) in [6, 6.07) is 3.55. The molecular formula is C14H18N6O2. The van der Waals surface area contributed by atoms with Gasteiger partial charge in [0, 0.05) is 25.2 Å². The highest BCUT2D eigenvalue weighted by molar-refractivity contribution is 5.76. The lowest BCUT2D eigenvalue weighted by Gasteiger charge is -2.33. The molecule has 2 aromatic heterocycles. The fourth-order valence-corrected chi connectivity index (χ4v) is 2.41. The normalized spacial score (nSPS) is 21.3. The molecule has 8 nitrogen and oxygen atoms in total. The van der Waals surface area contributed by atoms with E-state index in [1.807, 2.05) is 0 Å². The SMILES string of the molecule is O=C(Cn1cccn1)N[C@H]1CCOC[C@H]1Nc1ccncn1. The molecule has 2 atom stereocenters. The van der Waals surface area contributed by atoms with Crippen LogP contribution in [-0.2, 0) is 16.1 Å². The van der Waals surface area contributed by atoms with Crippen LogP contribution in [0.15, 0.2) is 37.1 Å². The van der Waals surface area contributed by atoms with Gasteiger partial charge in [0.25, 0.3) is 0 Å². The van der Waals surface area contributed by atoms with Crippen molar-refractivity contribution in [3.63, 3.8) is 0 Å². The number of nitrogens with zero attached hydrogens (tertiary/aromatic N) is 4. The molecule has 8 heteroatoms. The van der Waals surface area contributed by atoms with Crippen LogP contribution in [-0.4, -0.2) is 51.0 Å². The van der Waals surface area contributed by atoms with Crippen molar-refractivity contribution in [3.05, 3.63) is 37.1 Å².